The van der Waals surface area contributed by atoms with Gasteiger partial charge in [0.1, 0.15) is 0 Å². The second kappa shape index (κ2) is 4.62. The van der Waals surface area contributed by atoms with Gasteiger partial charge in [-0.3, -0.25) is 9.59 Å². The van der Waals surface area contributed by atoms with Crippen molar-refractivity contribution in [2.45, 2.75) is 51.0 Å². The van der Waals surface area contributed by atoms with Gasteiger partial charge in [-0.1, -0.05) is 12.8 Å². The summed E-state index contributed by atoms with van der Waals surface area (Å²) in [7, 11) is 0. The van der Waals surface area contributed by atoms with Gasteiger partial charge in [0.15, 0.2) is 0 Å². The minimum Gasteiger partial charge on any atom is -0.349 e. The maximum Gasteiger partial charge on any atom is 0.251 e. The maximum atomic E-state index is 12.3. The highest BCUT2D eigenvalue weighted by atomic mass is 16.2. The summed E-state index contributed by atoms with van der Waals surface area (Å²) in [4.78, 5) is 24.2. The molecule has 1 aliphatic heterocycles. The normalized spacial score (nSPS) is 20.6. The van der Waals surface area contributed by atoms with Gasteiger partial charge in [0.2, 0.25) is 5.91 Å². The first-order chi connectivity index (χ1) is 9.48. The van der Waals surface area contributed by atoms with E-state index in [4.69, 9.17) is 0 Å². The van der Waals surface area contributed by atoms with Gasteiger partial charge in [-0.05, 0) is 50.5 Å². The van der Waals surface area contributed by atoms with Crippen LogP contribution in [0.4, 0.5) is 5.69 Å². The zero-order chi connectivity index (χ0) is 14.3. The van der Waals surface area contributed by atoms with Gasteiger partial charge in [-0.2, -0.15) is 0 Å². The topological polar surface area (TPSA) is 58.2 Å². The van der Waals surface area contributed by atoms with Gasteiger partial charge < -0.3 is 10.6 Å². The highest BCUT2D eigenvalue weighted by Crippen LogP contribution is 2.37. The van der Waals surface area contributed by atoms with Crippen molar-refractivity contribution in [3.63, 3.8) is 0 Å². The molecule has 1 aliphatic carbocycles. The van der Waals surface area contributed by atoms with Crippen LogP contribution in [-0.2, 0) is 10.2 Å². The number of benzene rings is 1. The molecule has 20 heavy (non-hydrogen) atoms. The molecule has 1 heterocycles. The third-order valence-electron chi connectivity index (χ3n) is 4.46. The number of nitrogens with one attached hydrogen (secondary N) is 2. The Morgan fingerprint density at radius 1 is 1.30 bits per heavy atom. The standard InChI is InChI=1S/C16H20N2O2/c1-16(2)12-9-10(7-8-13(12)18-15(16)20)14(19)17-11-5-3-4-6-11/h7-9,11H,3-6H2,1-2H3,(H,17,19)(H,18,20). The molecule has 2 aliphatic rings. The van der Waals surface area contributed by atoms with Crippen molar-refractivity contribution in [1.29, 1.82) is 0 Å². The van der Waals surface area contributed by atoms with Gasteiger partial charge in [-0.25, -0.2) is 0 Å². The molecule has 0 saturated heterocycles. The Kier molecular flexibility index (Phi) is 3.04. The van der Waals surface area contributed by atoms with Crippen LogP contribution in [0.1, 0.15) is 55.5 Å². The molecule has 1 fully saturated rings. The average molecular weight is 272 g/mol. The van der Waals surface area contributed by atoms with Crippen molar-refractivity contribution in [3.05, 3.63) is 29.3 Å². The second-order valence-electron chi connectivity index (χ2n) is 6.29. The average Bonchev–Trinajstić information content (AvgIpc) is 2.98. The number of anilines is 1. The summed E-state index contributed by atoms with van der Waals surface area (Å²) < 4.78 is 0. The monoisotopic (exact) mass is 272 g/mol. The van der Waals surface area contributed by atoms with Gasteiger partial charge in [0.05, 0.1) is 5.41 Å². The van der Waals surface area contributed by atoms with Crippen LogP contribution in [0.2, 0.25) is 0 Å². The van der Waals surface area contributed by atoms with E-state index >= 15 is 0 Å². The van der Waals surface area contributed by atoms with Crippen molar-refractivity contribution in [1.82, 2.24) is 5.32 Å². The number of amides is 2. The van der Waals surface area contributed by atoms with Crippen molar-refractivity contribution < 1.29 is 9.59 Å². The van der Waals surface area contributed by atoms with E-state index in [1.165, 1.54) is 12.8 Å². The Morgan fingerprint density at radius 2 is 2.00 bits per heavy atom. The number of carbonyl (C=O) groups excluding carboxylic acids is 2. The van der Waals surface area contributed by atoms with E-state index in [2.05, 4.69) is 10.6 Å². The SMILES string of the molecule is CC1(C)C(=O)Nc2ccc(C(=O)NC3CCCC3)cc21. The number of rotatable bonds is 2. The van der Waals surface area contributed by atoms with Crippen LogP contribution in [0, 0.1) is 0 Å². The van der Waals surface area contributed by atoms with E-state index in [1.807, 2.05) is 26.0 Å². The zero-order valence-corrected chi connectivity index (χ0v) is 12.0. The lowest BCUT2D eigenvalue weighted by atomic mass is 9.85. The summed E-state index contributed by atoms with van der Waals surface area (Å²) in [5, 5.41) is 5.94. The zero-order valence-electron chi connectivity index (χ0n) is 12.0. The summed E-state index contributed by atoms with van der Waals surface area (Å²) in [6, 6.07) is 5.76. The number of hydrogen-bond donors (Lipinski definition) is 2. The molecule has 0 unspecified atom stereocenters. The van der Waals surface area contributed by atoms with Gasteiger partial charge >= 0.3 is 0 Å². The van der Waals surface area contributed by atoms with E-state index in [9.17, 15) is 9.59 Å². The molecule has 2 amide bonds. The molecular weight excluding hydrogens is 252 g/mol. The minimum absolute atomic E-state index is 0.0131. The fourth-order valence-electron chi connectivity index (χ4n) is 3.05. The molecule has 1 saturated carbocycles. The molecule has 0 bridgehead atoms. The van der Waals surface area contributed by atoms with Crippen LogP contribution in [0.25, 0.3) is 0 Å². The van der Waals surface area contributed by atoms with Crippen molar-refractivity contribution in [2.24, 2.45) is 0 Å². The first-order valence-corrected chi connectivity index (χ1v) is 7.25. The summed E-state index contributed by atoms with van der Waals surface area (Å²) >= 11 is 0. The molecule has 0 aromatic heterocycles. The third-order valence-corrected chi connectivity index (χ3v) is 4.46. The lowest BCUT2D eigenvalue weighted by Gasteiger charge is -2.16. The third kappa shape index (κ3) is 2.09. The van der Waals surface area contributed by atoms with E-state index in [1.54, 1.807) is 6.07 Å². The number of carbonyl (C=O) groups is 2. The van der Waals surface area contributed by atoms with Gasteiger partial charge in [0, 0.05) is 17.3 Å². The molecule has 1 aromatic carbocycles. The molecule has 4 nitrogen and oxygen atoms in total. The highest BCUT2D eigenvalue weighted by Gasteiger charge is 2.38. The summed E-state index contributed by atoms with van der Waals surface area (Å²) in [5.74, 6) is -0.0456. The molecule has 1 aromatic rings. The van der Waals surface area contributed by atoms with E-state index in [0.717, 1.165) is 24.1 Å². The van der Waals surface area contributed by atoms with Crippen LogP contribution in [0.5, 0.6) is 0 Å². The Morgan fingerprint density at radius 3 is 2.70 bits per heavy atom. The summed E-state index contributed by atoms with van der Waals surface area (Å²) in [6.07, 6.45) is 4.53. The first kappa shape index (κ1) is 13.2. The number of fused-ring (bicyclic) bond motifs is 1. The molecular formula is C16H20N2O2. The van der Waals surface area contributed by atoms with Crippen molar-refractivity contribution in [3.8, 4) is 0 Å². The van der Waals surface area contributed by atoms with Crippen LogP contribution in [0.3, 0.4) is 0 Å². The molecule has 4 heteroatoms. The molecule has 106 valence electrons. The lowest BCUT2D eigenvalue weighted by Crippen LogP contribution is -2.32. The molecule has 0 atom stereocenters. The van der Waals surface area contributed by atoms with E-state index in [-0.39, 0.29) is 11.8 Å². The molecule has 0 spiro atoms. The van der Waals surface area contributed by atoms with Crippen LogP contribution in [-0.4, -0.2) is 17.9 Å². The Bertz CT molecular complexity index is 572. The lowest BCUT2D eigenvalue weighted by molar-refractivity contribution is -0.119. The van der Waals surface area contributed by atoms with Crippen molar-refractivity contribution in [2.75, 3.05) is 5.32 Å². The van der Waals surface area contributed by atoms with Crippen LogP contribution < -0.4 is 10.6 Å². The number of hydrogen-bond acceptors (Lipinski definition) is 2. The molecule has 3 rings (SSSR count). The fourth-order valence-corrected chi connectivity index (χ4v) is 3.05. The Hall–Kier alpha value is -1.84. The Labute approximate surface area is 118 Å². The van der Waals surface area contributed by atoms with Crippen molar-refractivity contribution >= 4 is 17.5 Å². The largest absolute Gasteiger partial charge is 0.349 e. The van der Waals surface area contributed by atoms with E-state index < -0.39 is 5.41 Å². The predicted molar refractivity (Wildman–Crippen MR) is 77.8 cm³/mol. The van der Waals surface area contributed by atoms with E-state index in [0.29, 0.717) is 11.6 Å². The second-order valence-corrected chi connectivity index (χ2v) is 6.29. The molecule has 2 N–H and O–H groups in total. The maximum absolute atomic E-state index is 12.3. The van der Waals surface area contributed by atoms with Crippen LogP contribution in [0.15, 0.2) is 18.2 Å². The van der Waals surface area contributed by atoms with Gasteiger partial charge in [0.25, 0.3) is 5.91 Å². The fraction of sp³-hybridized carbons (Fsp3) is 0.500. The van der Waals surface area contributed by atoms with Crippen LogP contribution >= 0.6 is 0 Å². The summed E-state index contributed by atoms with van der Waals surface area (Å²) in [5.41, 5.74) is 1.79. The first-order valence-electron chi connectivity index (χ1n) is 7.25. The highest BCUT2D eigenvalue weighted by molar-refractivity contribution is 6.07. The quantitative estimate of drug-likeness (QED) is 0.869. The summed E-state index contributed by atoms with van der Waals surface area (Å²) in [6.45, 7) is 3.76. The predicted octanol–water partition coefficient (Wildman–Crippen LogP) is 2.59. The molecule has 0 radical (unpaired) electrons. The Balaban J connectivity index is 1.84. The smallest absolute Gasteiger partial charge is 0.251 e. The van der Waals surface area contributed by atoms with Gasteiger partial charge in [-0.15, -0.1) is 0 Å². The minimum atomic E-state index is -0.570.